The van der Waals surface area contributed by atoms with Crippen LogP contribution in [0.15, 0.2) is 15.7 Å². The van der Waals surface area contributed by atoms with Crippen LogP contribution in [0.25, 0.3) is 0 Å². The van der Waals surface area contributed by atoms with Crippen molar-refractivity contribution in [1.29, 1.82) is 0 Å². The van der Waals surface area contributed by atoms with Gasteiger partial charge in [-0.15, -0.1) is 0 Å². The lowest BCUT2D eigenvalue weighted by Gasteiger charge is -2.06. The topological polar surface area (TPSA) is 54.3 Å². The SMILES string of the molecule is CN=C([S-])Nc1c[n+](C)no1. The van der Waals surface area contributed by atoms with Crippen molar-refractivity contribution in [3.63, 3.8) is 0 Å². The minimum atomic E-state index is 0.377. The van der Waals surface area contributed by atoms with Crippen molar-refractivity contribution in [2.75, 3.05) is 12.4 Å². The Balaban J connectivity index is 2.65. The van der Waals surface area contributed by atoms with Crippen molar-refractivity contribution in [3.05, 3.63) is 6.20 Å². The molecule has 11 heavy (non-hydrogen) atoms. The smallest absolute Gasteiger partial charge is 0.299 e. The first-order chi connectivity index (χ1) is 5.22. The van der Waals surface area contributed by atoms with Gasteiger partial charge >= 0.3 is 0 Å². The molecule has 0 radical (unpaired) electrons. The van der Waals surface area contributed by atoms with E-state index in [1.807, 2.05) is 0 Å². The minimum Gasteiger partial charge on any atom is -0.743 e. The van der Waals surface area contributed by atoms with Gasteiger partial charge in [0.2, 0.25) is 0 Å². The molecule has 1 rings (SSSR count). The normalized spacial score (nSPS) is 11.6. The highest BCUT2D eigenvalue weighted by Crippen LogP contribution is 1.98. The Morgan fingerprint density at radius 1 is 1.91 bits per heavy atom. The Bertz CT molecular complexity index is 269. The van der Waals surface area contributed by atoms with Crippen molar-refractivity contribution in [2.24, 2.45) is 12.0 Å². The van der Waals surface area contributed by atoms with E-state index in [2.05, 4.69) is 15.6 Å². The molecule has 1 heterocycles. The molecule has 0 atom stereocenters. The summed E-state index contributed by atoms with van der Waals surface area (Å²) in [5.74, 6) is 0.489. The second kappa shape index (κ2) is 3.29. The summed E-state index contributed by atoms with van der Waals surface area (Å²) in [7, 11) is 3.35. The first kappa shape index (κ1) is 7.93. The van der Waals surface area contributed by atoms with Gasteiger partial charge in [-0.2, -0.15) is 0 Å². The number of amidine groups is 1. The summed E-state index contributed by atoms with van der Waals surface area (Å²) in [5.41, 5.74) is 0. The predicted octanol–water partition coefficient (Wildman–Crippen LogP) is -0.556. The van der Waals surface area contributed by atoms with Crippen molar-refractivity contribution in [1.82, 2.24) is 5.27 Å². The summed E-state index contributed by atoms with van der Waals surface area (Å²) in [6.07, 6.45) is 1.66. The van der Waals surface area contributed by atoms with Crippen LogP contribution in [0.4, 0.5) is 5.88 Å². The van der Waals surface area contributed by atoms with Crippen LogP contribution in [-0.2, 0) is 19.7 Å². The summed E-state index contributed by atoms with van der Waals surface area (Å²) in [6.45, 7) is 0. The number of nitrogens with zero attached hydrogens (tertiary/aromatic N) is 3. The molecule has 0 amide bonds. The minimum absolute atomic E-state index is 0.377. The third kappa shape index (κ3) is 2.15. The molecule has 0 aromatic carbocycles. The second-order valence-corrected chi connectivity index (χ2v) is 2.28. The molecule has 0 spiro atoms. The zero-order valence-electron chi connectivity index (χ0n) is 6.24. The van der Waals surface area contributed by atoms with Crippen molar-refractivity contribution in [3.8, 4) is 0 Å². The van der Waals surface area contributed by atoms with Gasteiger partial charge in [0.1, 0.15) is 0 Å². The number of hydrogen-bond acceptors (Lipinski definition) is 4. The van der Waals surface area contributed by atoms with E-state index in [4.69, 9.17) is 17.2 Å². The van der Waals surface area contributed by atoms with E-state index in [1.165, 1.54) is 4.68 Å². The predicted molar refractivity (Wildman–Crippen MR) is 42.0 cm³/mol. The Kier molecular flexibility index (Phi) is 2.37. The van der Waals surface area contributed by atoms with Crippen LogP contribution >= 0.6 is 0 Å². The van der Waals surface area contributed by atoms with Gasteiger partial charge in [-0.1, -0.05) is 4.68 Å². The largest absolute Gasteiger partial charge is 0.743 e. The van der Waals surface area contributed by atoms with Crippen molar-refractivity contribution >= 4 is 23.7 Å². The van der Waals surface area contributed by atoms with Crippen LogP contribution < -0.4 is 10.00 Å². The summed E-state index contributed by atoms with van der Waals surface area (Å²) >= 11 is 4.77. The van der Waals surface area contributed by atoms with Crippen molar-refractivity contribution < 1.29 is 9.20 Å². The molecule has 1 aromatic rings. The van der Waals surface area contributed by atoms with Gasteiger partial charge in [0, 0.05) is 7.05 Å². The number of aromatic nitrogens is 2. The first-order valence-corrected chi connectivity index (χ1v) is 3.36. The molecule has 0 saturated heterocycles. The summed E-state index contributed by atoms with van der Waals surface area (Å²) in [6, 6.07) is 0. The summed E-state index contributed by atoms with van der Waals surface area (Å²) in [4.78, 5) is 3.72. The van der Waals surface area contributed by atoms with Crippen LogP contribution in [0.1, 0.15) is 0 Å². The monoisotopic (exact) mass is 172 g/mol. The van der Waals surface area contributed by atoms with E-state index in [-0.39, 0.29) is 0 Å². The molecule has 0 aliphatic carbocycles. The average Bonchev–Trinajstić information content (AvgIpc) is 2.35. The van der Waals surface area contributed by atoms with Gasteiger partial charge in [-0.05, 0) is 5.17 Å². The molecule has 0 aliphatic rings. The van der Waals surface area contributed by atoms with E-state index >= 15 is 0 Å². The standard InChI is InChI=1S/C5H8N4OS/c1-6-5(11)7-4-3-9(2)8-10-4/h3H,1-2H3,(H-,6,7,8,11). The van der Waals surface area contributed by atoms with Crippen LogP contribution in [0.3, 0.4) is 0 Å². The van der Waals surface area contributed by atoms with Crippen LogP contribution in [0, 0.1) is 0 Å². The van der Waals surface area contributed by atoms with Gasteiger partial charge in [0.15, 0.2) is 12.3 Å². The maximum absolute atomic E-state index is 4.79. The molecule has 1 aromatic heterocycles. The molecule has 6 heteroatoms. The fourth-order valence-electron chi connectivity index (χ4n) is 0.542. The molecule has 60 valence electrons. The number of rotatable bonds is 1. The lowest BCUT2D eigenvalue weighted by Crippen LogP contribution is -2.28. The van der Waals surface area contributed by atoms with Crippen LogP contribution in [0.5, 0.6) is 0 Å². The van der Waals surface area contributed by atoms with E-state index < -0.39 is 0 Å². The number of anilines is 1. The maximum atomic E-state index is 4.79. The lowest BCUT2D eigenvalue weighted by molar-refractivity contribution is -0.739. The lowest BCUT2D eigenvalue weighted by atomic mass is 10.8. The zero-order chi connectivity index (χ0) is 8.27. The van der Waals surface area contributed by atoms with Crippen LogP contribution in [-0.4, -0.2) is 17.5 Å². The molecule has 0 saturated carbocycles. The van der Waals surface area contributed by atoms with Crippen molar-refractivity contribution in [2.45, 2.75) is 0 Å². The van der Waals surface area contributed by atoms with Gasteiger partial charge < -0.3 is 17.9 Å². The molecule has 0 bridgehead atoms. The third-order valence-corrected chi connectivity index (χ3v) is 1.29. The highest BCUT2D eigenvalue weighted by atomic mass is 32.1. The summed E-state index contributed by atoms with van der Waals surface area (Å²) < 4.78 is 6.32. The number of aryl methyl sites for hydroxylation is 1. The average molecular weight is 172 g/mol. The molecule has 0 fully saturated rings. The van der Waals surface area contributed by atoms with E-state index in [0.717, 1.165) is 0 Å². The van der Waals surface area contributed by atoms with E-state index in [0.29, 0.717) is 11.1 Å². The van der Waals surface area contributed by atoms with Gasteiger partial charge in [-0.3, -0.25) is 9.52 Å². The molecule has 0 aliphatic heterocycles. The maximum Gasteiger partial charge on any atom is 0.299 e. The second-order valence-electron chi connectivity index (χ2n) is 1.89. The Morgan fingerprint density at radius 2 is 2.64 bits per heavy atom. The van der Waals surface area contributed by atoms with Gasteiger partial charge in [-0.25, -0.2) is 0 Å². The highest BCUT2D eigenvalue weighted by Gasteiger charge is 2.03. The molecule has 5 nitrogen and oxygen atoms in total. The quantitative estimate of drug-likeness (QED) is 0.267. The Hall–Kier alpha value is -1.17. The van der Waals surface area contributed by atoms with E-state index in [1.54, 1.807) is 20.3 Å². The molecular formula is C5H8N4OS. The van der Waals surface area contributed by atoms with Gasteiger partial charge in [0.05, 0.1) is 0 Å². The fraction of sp³-hybridized carbons (Fsp3) is 0.400. The summed E-state index contributed by atoms with van der Waals surface area (Å²) in [5, 5.41) is 6.69. The third-order valence-electron chi connectivity index (χ3n) is 1.01. The number of hydrogen-bond donors (Lipinski definition) is 1. The molecular weight excluding hydrogens is 164 g/mol. The number of nitrogens with one attached hydrogen (secondary N) is 1. The molecule has 1 N–H and O–H groups in total. The zero-order valence-corrected chi connectivity index (χ0v) is 7.05. The van der Waals surface area contributed by atoms with Gasteiger partial charge in [0.25, 0.3) is 12.1 Å². The Morgan fingerprint density at radius 3 is 3.09 bits per heavy atom. The first-order valence-electron chi connectivity index (χ1n) is 2.96. The highest BCUT2D eigenvalue weighted by molar-refractivity contribution is 7.77. The fourth-order valence-corrected chi connectivity index (χ4v) is 0.642. The number of aliphatic imine (C=N–C) groups is 1. The Labute approximate surface area is 69.5 Å². The molecule has 0 unspecified atom stereocenters. The van der Waals surface area contributed by atoms with Crippen LogP contribution in [0.2, 0.25) is 0 Å². The van der Waals surface area contributed by atoms with E-state index in [9.17, 15) is 0 Å².